The molecule has 3 nitrogen and oxygen atoms in total. The Morgan fingerprint density at radius 1 is 1.47 bits per heavy atom. The van der Waals surface area contributed by atoms with E-state index in [0.717, 1.165) is 55.0 Å². The van der Waals surface area contributed by atoms with Crippen molar-refractivity contribution in [3.63, 3.8) is 0 Å². The maximum absolute atomic E-state index is 6.21. The molecule has 1 saturated heterocycles. The number of aromatic nitrogens is 1. The standard InChI is InChI=1S/C15H22ClNO2/c1-11-8-17-13(12(2)14(11)18-3)7-15(9-16)5-4-6-19-10-15/h8H,4-7,9-10H2,1-3H3. The van der Waals surface area contributed by atoms with Gasteiger partial charge in [0.15, 0.2) is 0 Å². The molecule has 2 rings (SSSR count). The summed E-state index contributed by atoms with van der Waals surface area (Å²) < 4.78 is 11.1. The third kappa shape index (κ3) is 3.03. The summed E-state index contributed by atoms with van der Waals surface area (Å²) in [4.78, 5) is 4.58. The molecule has 1 aromatic heterocycles. The van der Waals surface area contributed by atoms with Crippen molar-refractivity contribution in [1.29, 1.82) is 0 Å². The number of pyridine rings is 1. The van der Waals surface area contributed by atoms with Gasteiger partial charge in [-0.1, -0.05) is 0 Å². The van der Waals surface area contributed by atoms with E-state index in [9.17, 15) is 0 Å². The molecule has 1 atom stereocenters. The van der Waals surface area contributed by atoms with E-state index in [-0.39, 0.29) is 5.41 Å². The van der Waals surface area contributed by atoms with E-state index in [4.69, 9.17) is 21.1 Å². The van der Waals surface area contributed by atoms with Crippen molar-refractivity contribution >= 4 is 11.6 Å². The average Bonchev–Trinajstić information content (AvgIpc) is 2.44. The van der Waals surface area contributed by atoms with Crippen molar-refractivity contribution in [2.45, 2.75) is 33.1 Å². The molecule has 0 bridgehead atoms. The first-order valence-corrected chi connectivity index (χ1v) is 7.28. The van der Waals surface area contributed by atoms with Gasteiger partial charge in [-0.3, -0.25) is 4.98 Å². The maximum Gasteiger partial charge on any atom is 0.128 e. The zero-order chi connectivity index (χ0) is 13.9. The van der Waals surface area contributed by atoms with Crippen molar-refractivity contribution in [2.24, 2.45) is 5.41 Å². The minimum absolute atomic E-state index is 0.0256. The summed E-state index contributed by atoms with van der Waals surface area (Å²) in [6.45, 7) is 5.67. The quantitative estimate of drug-likeness (QED) is 0.795. The lowest BCUT2D eigenvalue weighted by molar-refractivity contribution is 0.00420. The molecule has 0 aromatic carbocycles. The Hall–Kier alpha value is -0.800. The normalized spacial score (nSPS) is 23.4. The van der Waals surface area contributed by atoms with Crippen LogP contribution in [-0.2, 0) is 11.2 Å². The van der Waals surface area contributed by atoms with Gasteiger partial charge in [-0.15, -0.1) is 11.6 Å². The molecule has 0 radical (unpaired) electrons. The number of alkyl halides is 1. The molecular weight excluding hydrogens is 262 g/mol. The lowest BCUT2D eigenvalue weighted by Crippen LogP contribution is -2.36. The average molecular weight is 284 g/mol. The number of rotatable bonds is 4. The van der Waals surface area contributed by atoms with Crippen LogP contribution in [0.15, 0.2) is 6.20 Å². The predicted octanol–water partition coefficient (Wildman–Crippen LogP) is 3.29. The van der Waals surface area contributed by atoms with Crippen molar-refractivity contribution in [1.82, 2.24) is 4.98 Å². The summed E-state index contributed by atoms with van der Waals surface area (Å²) in [6.07, 6.45) is 4.92. The molecule has 2 heterocycles. The summed E-state index contributed by atoms with van der Waals surface area (Å²) in [7, 11) is 1.71. The topological polar surface area (TPSA) is 31.4 Å². The van der Waals surface area contributed by atoms with Gasteiger partial charge in [-0.25, -0.2) is 0 Å². The third-order valence-corrected chi connectivity index (χ3v) is 4.55. The number of aryl methyl sites for hydroxylation is 1. The molecule has 0 N–H and O–H groups in total. The van der Waals surface area contributed by atoms with Crippen LogP contribution in [0.2, 0.25) is 0 Å². The van der Waals surface area contributed by atoms with Gasteiger partial charge in [0, 0.05) is 40.9 Å². The number of hydrogen-bond acceptors (Lipinski definition) is 3. The summed E-state index contributed by atoms with van der Waals surface area (Å²) in [5, 5.41) is 0. The molecule has 19 heavy (non-hydrogen) atoms. The zero-order valence-electron chi connectivity index (χ0n) is 12.0. The highest BCUT2D eigenvalue weighted by molar-refractivity contribution is 6.18. The fourth-order valence-electron chi connectivity index (χ4n) is 2.81. The van der Waals surface area contributed by atoms with E-state index in [2.05, 4.69) is 11.9 Å². The zero-order valence-corrected chi connectivity index (χ0v) is 12.7. The van der Waals surface area contributed by atoms with Gasteiger partial charge in [0.1, 0.15) is 5.75 Å². The van der Waals surface area contributed by atoms with E-state index in [1.807, 2.05) is 13.1 Å². The van der Waals surface area contributed by atoms with Crippen LogP contribution in [0.25, 0.3) is 0 Å². The van der Waals surface area contributed by atoms with E-state index in [0.29, 0.717) is 5.88 Å². The van der Waals surface area contributed by atoms with Gasteiger partial charge in [-0.2, -0.15) is 0 Å². The first-order valence-electron chi connectivity index (χ1n) is 6.75. The molecule has 1 aliphatic heterocycles. The SMILES string of the molecule is COc1c(C)cnc(CC2(CCl)CCCOC2)c1C. The molecule has 1 aromatic rings. The number of nitrogens with zero attached hydrogens (tertiary/aromatic N) is 1. The van der Waals surface area contributed by atoms with Crippen LogP contribution in [0.3, 0.4) is 0 Å². The molecule has 1 unspecified atom stereocenters. The van der Waals surface area contributed by atoms with Gasteiger partial charge >= 0.3 is 0 Å². The number of methoxy groups -OCH3 is 1. The van der Waals surface area contributed by atoms with Gasteiger partial charge in [0.05, 0.1) is 13.7 Å². The van der Waals surface area contributed by atoms with Gasteiger partial charge in [0.25, 0.3) is 0 Å². The Kier molecular flexibility index (Phi) is 4.69. The first kappa shape index (κ1) is 14.6. The second-order valence-electron chi connectivity index (χ2n) is 5.51. The largest absolute Gasteiger partial charge is 0.496 e. The Balaban J connectivity index is 2.27. The Morgan fingerprint density at radius 2 is 2.26 bits per heavy atom. The molecule has 0 spiro atoms. The molecule has 1 aliphatic rings. The smallest absolute Gasteiger partial charge is 0.128 e. The second-order valence-corrected chi connectivity index (χ2v) is 5.78. The highest BCUT2D eigenvalue weighted by Crippen LogP contribution is 2.35. The molecule has 0 saturated carbocycles. The van der Waals surface area contributed by atoms with Crippen LogP contribution in [0.1, 0.15) is 29.7 Å². The van der Waals surface area contributed by atoms with Gasteiger partial charge in [0.2, 0.25) is 0 Å². The van der Waals surface area contributed by atoms with Gasteiger partial charge < -0.3 is 9.47 Å². The third-order valence-electron chi connectivity index (χ3n) is 3.98. The molecule has 0 amide bonds. The first-order chi connectivity index (χ1) is 9.12. The van der Waals surface area contributed by atoms with Gasteiger partial charge in [-0.05, 0) is 33.1 Å². The van der Waals surface area contributed by atoms with E-state index in [1.165, 1.54) is 0 Å². The fourth-order valence-corrected chi connectivity index (χ4v) is 3.11. The Morgan fingerprint density at radius 3 is 2.84 bits per heavy atom. The highest BCUT2D eigenvalue weighted by Gasteiger charge is 2.33. The lowest BCUT2D eigenvalue weighted by atomic mass is 9.79. The summed E-state index contributed by atoms with van der Waals surface area (Å²) in [5.74, 6) is 1.55. The summed E-state index contributed by atoms with van der Waals surface area (Å²) in [5.41, 5.74) is 3.30. The molecule has 106 valence electrons. The monoisotopic (exact) mass is 283 g/mol. The highest BCUT2D eigenvalue weighted by atomic mass is 35.5. The van der Waals surface area contributed by atoms with Crippen molar-refractivity contribution in [2.75, 3.05) is 26.2 Å². The van der Waals surface area contributed by atoms with Crippen molar-refractivity contribution in [3.05, 3.63) is 23.0 Å². The Bertz CT molecular complexity index is 442. The minimum atomic E-state index is 0.0256. The van der Waals surface area contributed by atoms with Crippen LogP contribution >= 0.6 is 11.6 Å². The number of halogens is 1. The molecular formula is C15H22ClNO2. The van der Waals surface area contributed by atoms with Crippen LogP contribution in [0.5, 0.6) is 5.75 Å². The van der Waals surface area contributed by atoms with Crippen LogP contribution in [-0.4, -0.2) is 31.2 Å². The molecule has 1 fully saturated rings. The summed E-state index contributed by atoms with van der Waals surface area (Å²) >= 11 is 6.21. The fraction of sp³-hybridized carbons (Fsp3) is 0.667. The molecule has 4 heteroatoms. The lowest BCUT2D eigenvalue weighted by Gasteiger charge is -2.35. The predicted molar refractivity (Wildman–Crippen MR) is 77.2 cm³/mol. The van der Waals surface area contributed by atoms with Crippen molar-refractivity contribution in [3.8, 4) is 5.75 Å². The number of hydrogen-bond donors (Lipinski definition) is 0. The minimum Gasteiger partial charge on any atom is -0.496 e. The Labute approximate surface area is 120 Å². The van der Waals surface area contributed by atoms with Crippen molar-refractivity contribution < 1.29 is 9.47 Å². The second kappa shape index (κ2) is 6.10. The van der Waals surface area contributed by atoms with E-state index < -0.39 is 0 Å². The van der Waals surface area contributed by atoms with Crippen LogP contribution < -0.4 is 4.74 Å². The van der Waals surface area contributed by atoms with Crippen LogP contribution in [0, 0.1) is 19.3 Å². The number of ether oxygens (including phenoxy) is 2. The van der Waals surface area contributed by atoms with Crippen LogP contribution in [0.4, 0.5) is 0 Å². The van der Waals surface area contributed by atoms with E-state index >= 15 is 0 Å². The maximum atomic E-state index is 6.21. The van der Waals surface area contributed by atoms with E-state index in [1.54, 1.807) is 7.11 Å². The summed E-state index contributed by atoms with van der Waals surface area (Å²) in [6, 6.07) is 0. The molecule has 0 aliphatic carbocycles.